The number of anilines is 1. The number of nitrogens with zero attached hydrogens (tertiary/aromatic N) is 2. The van der Waals surface area contributed by atoms with Crippen LogP contribution in [0.4, 0.5) is 5.69 Å². The van der Waals surface area contributed by atoms with Crippen LogP contribution in [0.2, 0.25) is 10.3 Å². The van der Waals surface area contributed by atoms with Gasteiger partial charge in [0, 0.05) is 25.6 Å². The molecule has 2 N–H and O–H groups in total. The number of carbonyl (C=O) groups excluding carboxylic acids is 1. The van der Waals surface area contributed by atoms with Gasteiger partial charge in [-0.2, -0.15) is 0 Å². The summed E-state index contributed by atoms with van der Waals surface area (Å²) in [6.45, 7) is 2.96. The first-order valence-electron chi connectivity index (χ1n) is 4.82. The summed E-state index contributed by atoms with van der Waals surface area (Å²) in [5, 5.41) is 13.4. The molecule has 1 aromatic heterocycles. The maximum absolute atomic E-state index is 11.1. The molecule has 88 valence electrons. The molecule has 1 heterocycles. The van der Waals surface area contributed by atoms with E-state index in [0.717, 1.165) is 0 Å². The molecule has 0 aliphatic heterocycles. The lowest BCUT2D eigenvalue weighted by Gasteiger charge is -2.07. The van der Waals surface area contributed by atoms with Crippen molar-refractivity contribution < 1.29 is 4.79 Å². The predicted molar refractivity (Wildman–Crippen MR) is 63.8 cm³/mol. The fourth-order valence-electron chi connectivity index (χ4n) is 1.07. The second kappa shape index (κ2) is 6.50. The molecule has 5 nitrogen and oxygen atoms in total. The molecule has 0 atom stereocenters. The summed E-state index contributed by atoms with van der Waals surface area (Å²) in [5.41, 5.74) is 0.575. The summed E-state index contributed by atoms with van der Waals surface area (Å²) in [4.78, 5) is 11.1. The van der Waals surface area contributed by atoms with Crippen LogP contribution < -0.4 is 10.6 Å². The first kappa shape index (κ1) is 13.0. The molecule has 16 heavy (non-hydrogen) atoms. The van der Waals surface area contributed by atoms with Crippen LogP contribution in [-0.2, 0) is 4.79 Å². The van der Waals surface area contributed by atoms with Gasteiger partial charge in [0.25, 0.3) is 0 Å². The van der Waals surface area contributed by atoms with E-state index in [-0.39, 0.29) is 16.2 Å². The first-order valence-corrected chi connectivity index (χ1v) is 5.58. The van der Waals surface area contributed by atoms with Crippen molar-refractivity contribution in [2.45, 2.75) is 13.3 Å². The maximum atomic E-state index is 11.1. The SMILES string of the molecule is CCNC(=O)CCNc1cc(Cl)nnc1Cl. The monoisotopic (exact) mass is 262 g/mol. The molecule has 0 aromatic carbocycles. The summed E-state index contributed by atoms with van der Waals surface area (Å²) >= 11 is 11.4. The van der Waals surface area contributed by atoms with Crippen molar-refractivity contribution in [3.8, 4) is 0 Å². The molecule has 0 saturated heterocycles. The van der Waals surface area contributed by atoms with Gasteiger partial charge in [-0.1, -0.05) is 23.2 Å². The van der Waals surface area contributed by atoms with E-state index in [1.165, 1.54) is 0 Å². The molecule has 1 aromatic rings. The van der Waals surface area contributed by atoms with Crippen LogP contribution in [0, 0.1) is 0 Å². The molecule has 1 rings (SSSR count). The van der Waals surface area contributed by atoms with Gasteiger partial charge in [-0.05, 0) is 6.92 Å². The summed E-state index contributed by atoms with van der Waals surface area (Å²) in [6.07, 6.45) is 0.365. The summed E-state index contributed by atoms with van der Waals surface area (Å²) in [5.74, 6) is -0.0146. The van der Waals surface area contributed by atoms with Crippen LogP contribution in [-0.4, -0.2) is 29.2 Å². The molecule has 7 heteroatoms. The molecule has 0 radical (unpaired) electrons. The number of halogens is 2. The largest absolute Gasteiger partial charge is 0.382 e. The third kappa shape index (κ3) is 4.20. The lowest BCUT2D eigenvalue weighted by Crippen LogP contribution is -2.24. The molecule has 0 fully saturated rings. The second-order valence-electron chi connectivity index (χ2n) is 3.00. The normalized spacial score (nSPS) is 9.94. The van der Waals surface area contributed by atoms with E-state index >= 15 is 0 Å². The Balaban J connectivity index is 2.42. The number of rotatable bonds is 5. The molecule has 0 spiro atoms. The third-order valence-electron chi connectivity index (χ3n) is 1.76. The fraction of sp³-hybridized carbons (Fsp3) is 0.444. The van der Waals surface area contributed by atoms with Gasteiger partial charge >= 0.3 is 0 Å². The highest BCUT2D eigenvalue weighted by molar-refractivity contribution is 6.33. The maximum Gasteiger partial charge on any atom is 0.221 e. The number of nitrogens with one attached hydrogen (secondary N) is 2. The van der Waals surface area contributed by atoms with Gasteiger partial charge in [-0.25, -0.2) is 0 Å². The topological polar surface area (TPSA) is 66.9 Å². The average Bonchev–Trinajstić information content (AvgIpc) is 2.23. The Morgan fingerprint density at radius 2 is 2.19 bits per heavy atom. The van der Waals surface area contributed by atoms with Gasteiger partial charge < -0.3 is 10.6 Å². The minimum Gasteiger partial charge on any atom is -0.382 e. The standard InChI is InChI=1S/C9H12Cl2N4O/c1-2-12-8(16)3-4-13-6-5-7(10)14-15-9(6)11/h5H,2-4H2,1H3,(H,12,16)(H,13,14). The molecule has 0 bridgehead atoms. The van der Waals surface area contributed by atoms with Crippen LogP contribution in [0.3, 0.4) is 0 Å². The van der Waals surface area contributed by atoms with Crippen LogP contribution in [0.25, 0.3) is 0 Å². The first-order chi connectivity index (χ1) is 7.63. The molecular weight excluding hydrogens is 251 g/mol. The zero-order valence-electron chi connectivity index (χ0n) is 8.76. The number of amides is 1. The number of hydrogen-bond acceptors (Lipinski definition) is 4. The van der Waals surface area contributed by atoms with Gasteiger partial charge in [0.05, 0.1) is 5.69 Å². The Bertz CT molecular complexity index is 373. The highest BCUT2D eigenvalue weighted by Crippen LogP contribution is 2.20. The van der Waals surface area contributed by atoms with Gasteiger partial charge in [-0.15, -0.1) is 10.2 Å². The van der Waals surface area contributed by atoms with E-state index in [9.17, 15) is 4.79 Å². The third-order valence-corrected chi connectivity index (χ3v) is 2.22. The van der Waals surface area contributed by atoms with E-state index in [1.807, 2.05) is 6.92 Å². The highest BCUT2D eigenvalue weighted by Gasteiger charge is 2.04. The molecule has 0 aliphatic carbocycles. The van der Waals surface area contributed by atoms with E-state index in [4.69, 9.17) is 23.2 Å². The molecule has 1 amide bonds. The minimum atomic E-state index is -0.0146. The Morgan fingerprint density at radius 1 is 1.44 bits per heavy atom. The zero-order valence-corrected chi connectivity index (χ0v) is 10.3. The number of carbonyl (C=O) groups is 1. The molecule has 0 saturated carbocycles. The van der Waals surface area contributed by atoms with Gasteiger partial charge in [-0.3, -0.25) is 4.79 Å². The quantitative estimate of drug-likeness (QED) is 0.848. The summed E-state index contributed by atoms with van der Waals surface area (Å²) in [6, 6.07) is 1.56. The summed E-state index contributed by atoms with van der Waals surface area (Å²) in [7, 11) is 0. The zero-order chi connectivity index (χ0) is 12.0. The smallest absolute Gasteiger partial charge is 0.221 e. The van der Waals surface area contributed by atoms with Gasteiger partial charge in [0.1, 0.15) is 0 Å². The van der Waals surface area contributed by atoms with Crippen molar-refractivity contribution in [1.29, 1.82) is 0 Å². The van der Waals surface area contributed by atoms with Crippen molar-refractivity contribution in [1.82, 2.24) is 15.5 Å². The molecule has 0 unspecified atom stereocenters. The predicted octanol–water partition coefficient (Wildman–Crippen LogP) is 1.72. The van der Waals surface area contributed by atoms with Crippen molar-refractivity contribution in [2.24, 2.45) is 0 Å². The van der Waals surface area contributed by atoms with Crippen molar-refractivity contribution >= 4 is 34.8 Å². The number of hydrogen-bond donors (Lipinski definition) is 2. The van der Waals surface area contributed by atoms with Gasteiger partial charge in [0.2, 0.25) is 5.91 Å². The van der Waals surface area contributed by atoms with Crippen LogP contribution in [0.5, 0.6) is 0 Å². The molecular formula is C9H12Cl2N4O. The van der Waals surface area contributed by atoms with Crippen molar-refractivity contribution in [3.05, 3.63) is 16.4 Å². The van der Waals surface area contributed by atoms with E-state index < -0.39 is 0 Å². The molecule has 0 aliphatic rings. The van der Waals surface area contributed by atoms with E-state index in [2.05, 4.69) is 20.8 Å². The average molecular weight is 263 g/mol. The van der Waals surface area contributed by atoms with Gasteiger partial charge in [0.15, 0.2) is 10.3 Å². The number of aromatic nitrogens is 2. The minimum absolute atomic E-state index is 0.0146. The Labute approximate surface area is 104 Å². The Morgan fingerprint density at radius 3 is 2.88 bits per heavy atom. The lowest BCUT2D eigenvalue weighted by molar-refractivity contribution is -0.120. The summed E-state index contributed by atoms with van der Waals surface area (Å²) < 4.78 is 0. The highest BCUT2D eigenvalue weighted by atomic mass is 35.5. The van der Waals surface area contributed by atoms with Crippen LogP contribution in [0.15, 0.2) is 6.07 Å². The van der Waals surface area contributed by atoms with Crippen LogP contribution in [0.1, 0.15) is 13.3 Å². The Hall–Kier alpha value is -1.07. The fourth-order valence-corrected chi connectivity index (χ4v) is 1.38. The Kier molecular flexibility index (Phi) is 5.28. The van der Waals surface area contributed by atoms with E-state index in [0.29, 0.717) is 25.2 Å². The van der Waals surface area contributed by atoms with Crippen LogP contribution >= 0.6 is 23.2 Å². The lowest BCUT2D eigenvalue weighted by atomic mass is 10.3. The second-order valence-corrected chi connectivity index (χ2v) is 3.75. The van der Waals surface area contributed by atoms with Crippen molar-refractivity contribution in [2.75, 3.05) is 18.4 Å². The van der Waals surface area contributed by atoms with Crippen molar-refractivity contribution in [3.63, 3.8) is 0 Å². The van der Waals surface area contributed by atoms with E-state index in [1.54, 1.807) is 6.07 Å².